The van der Waals surface area contributed by atoms with Crippen molar-refractivity contribution >= 4 is 29.6 Å². The van der Waals surface area contributed by atoms with Crippen LogP contribution in [0.15, 0.2) is 54.6 Å². The Labute approximate surface area is 230 Å². The number of phenols is 1. The largest absolute Gasteiger partial charge is 0.508 e. The standard InChI is InChI=1S/C27H35N5O8/c1-15(33)23(32-24(36)19(28)11-12-22(29)35)26(38)30-20(13-16-5-3-2-4-6-16)25(37)31-21(27(39)40)14-17-7-9-18(34)10-8-17/h2-10,15,19-21,23,33-34H,11-14,28H2,1H3,(H2,29,35)(H,30,38)(H,31,37)(H,32,36)(H,39,40). The molecule has 0 aliphatic carbocycles. The van der Waals surface area contributed by atoms with Crippen molar-refractivity contribution in [1.82, 2.24) is 16.0 Å². The number of benzene rings is 2. The molecule has 40 heavy (non-hydrogen) atoms. The molecule has 2 aromatic rings. The Morgan fingerprint density at radius 2 is 1.35 bits per heavy atom. The number of carbonyl (C=O) groups is 5. The molecule has 0 heterocycles. The number of phenolic OH excluding ortho intramolecular Hbond substituents is 1. The monoisotopic (exact) mass is 557 g/mol. The molecule has 216 valence electrons. The predicted octanol–water partition coefficient (Wildman–Crippen LogP) is -1.31. The van der Waals surface area contributed by atoms with Gasteiger partial charge in [0.05, 0.1) is 12.1 Å². The number of amides is 4. The first-order chi connectivity index (χ1) is 18.9. The van der Waals surface area contributed by atoms with E-state index in [0.717, 1.165) is 0 Å². The van der Waals surface area contributed by atoms with Gasteiger partial charge in [0.25, 0.3) is 0 Å². The van der Waals surface area contributed by atoms with Gasteiger partial charge in [-0.1, -0.05) is 42.5 Å². The van der Waals surface area contributed by atoms with E-state index in [1.54, 1.807) is 30.3 Å². The summed E-state index contributed by atoms with van der Waals surface area (Å²) in [4.78, 5) is 61.8. The molecule has 0 fully saturated rings. The molecule has 0 saturated heterocycles. The maximum Gasteiger partial charge on any atom is 0.326 e. The molecule has 0 aromatic heterocycles. The summed E-state index contributed by atoms with van der Waals surface area (Å²) < 4.78 is 0. The van der Waals surface area contributed by atoms with Crippen LogP contribution >= 0.6 is 0 Å². The fourth-order valence-electron chi connectivity index (χ4n) is 3.76. The number of carboxylic acid groups (broad SMARTS) is 1. The van der Waals surface area contributed by atoms with E-state index in [-0.39, 0.29) is 31.4 Å². The normalized spacial score (nSPS) is 14.6. The van der Waals surface area contributed by atoms with Gasteiger partial charge < -0.3 is 42.7 Å². The molecule has 0 spiro atoms. The van der Waals surface area contributed by atoms with Gasteiger partial charge in [-0.05, 0) is 36.6 Å². The van der Waals surface area contributed by atoms with Crippen molar-refractivity contribution < 1.29 is 39.3 Å². The SMILES string of the molecule is CC(O)C(NC(=O)C(N)CCC(N)=O)C(=O)NC(Cc1ccccc1)C(=O)NC(Cc1ccc(O)cc1)C(=O)O. The number of aromatic hydroxyl groups is 1. The summed E-state index contributed by atoms with van der Waals surface area (Å²) >= 11 is 0. The van der Waals surface area contributed by atoms with Gasteiger partial charge in [-0.2, -0.15) is 0 Å². The van der Waals surface area contributed by atoms with Crippen molar-refractivity contribution in [3.63, 3.8) is 0 Å². The van der Waals surface area contributed by atoms with Gasteiger partial charge in [0.15, 0.2) is 0 Å². The zero-order valence-corrected chi connectivity index (χ0v) is 21.9. The topological polar surface area (TPSA) is 234 Å². The molecular formula is C27H35N5O8. The quantitative estimate of drug-likeness (QED) is 0.130. The maximum absolute atomic E-state index is 13.3. The number of aliphatic carboxylic acids is 1. The number of carboxylic acids is 1. The zero-order chi connectivity index (χ0) is 29.8. The van der Waals surface area contributed by atoms with E-state index in [2.05, 4.69) is 16.0 Å². The van der Waals surface area contributed by atoms with Gasteiger partial charge in [-0.25, -0.2) is 4.79 Å². The van der Waals surface area contributed by atoms with Crippen molar-refractivity contribution in [2.75, 3.05) is 0 Å². The minimum absolute atomic E-state index is 0.00104. The first kappa shape index (κ1) is 31.7. The number of nitrogens with two attached hydrogens (primary N) is 2. The number of aliphatic hydroxyl groups excluding tert-OH is 1. The summed E-state index contributed by atoms with van der Waals surface area (Å²) in [6, 6.07) is 9.12. The number of aliphatic hydroxyl groups is 1. The van der Waals surface area contributed by atoms with Crippen molar-refractivity contribution in [3.8, 4) is 5.75 Å². The molecular weight excluding hydrogens is 522 g/mol. The Bertz CT molecular complexity index is 1170. The number of primary amides is 1. The van der Waals surface area contributed by atoms with Gasteiger partial charge in [0.2, 0.25) is 23.6 Å². The molecule has 0 aliphatic rings. The summed E-state index contributed by atoms with van der Waals surface area (Å²) in [5.74, 6) is -4.51. The van der Waals surface area contributed by atoms with Crippen LogP contribution in [0.25, 0.3) is 0 Å². The molecule has 10 N–H and O–H groups in total. The third-order valence-electron chi connectivity index (χ3n) is 6.01. The average molecular weight is 558 g/mol. The van der Waals surface area contributed by atoms with Crippen molar-refractivity contribution in [2.45, 2.75) is 62.9 Å². The lowest BCUT2D eigenvalue weighted by Gasteiger charge is -2.26. The van der Waals surface area contributed by atoms with Crippen LogP contribution in [0.2, 0.25) is 0 Å². The lowest BCUT2D eigenvalue weighted by molar-refractivity contribution is -0.142. The van der Waals surface area contributed by atoms with E-state index in [4.69, 9.17) is 11.5 Å². The average Bonchev–Trinajstić information content (AvgIpc) is 2.90. The van der Waals surface area contributed by atoms with Crippen LogP contribution in [0, 0.1) is 0 Å². The molecule has 4 amide bonds. The smallest absolute Gasteiger partial charge is 0.326 e. The Balaban J connectivity index is 2.21. The summed E-state index contributed by atoms with van der Waals surface area (Å²) in [7, 11) is 0. The number of nitrogens with one attached hydrogen (secondary N) is 3. The molecule has 0 radical (unpaired) electrons. The second-order valence-corrected chi connectivity index (χ2v) is 9.36. The molecule has 0 bridgehead atoms. The van der Waals surface area contributed by atoms with Crippen molar-refractivity contribution in [1.29, 1.82) is 0 Å². The number of hydrogen-bond acceptors (Lipinski definition) is 8. The first-order valence-electron chi connectivity index (χ1n) is 12.5. The molecule has 5 unspecified atom stereocenters. The van der Waals surface area contributed by atoms with Crippen LogP contribution in [-0.4, -0.2) is 75.2 Å². The maximum atomic E-state index is 13.3. The summed E-state index contributed by atoms with van der Waals surface area (Å²) in [5, 5.41) is 36.6. The molecule has 2 aromatic carbocycles. The fourth-order valence-corrected chi connectivity index (χ4v) is 3.76. The Kier molecular flexibility index (Phi) is 12.0. The molecule has 0 aliphatic heterocycles. The van der Waals surface area contributed by atoms with E-state index < -0.39 is 59.9 Å². The predicted molar refractivity (Wildman–Crippen MR) is 143 cm³/mol. The lowest BCUT2D eigenvalue weighted by atomic mass is 10.0. The summed E-state index contributed by atoms with van der Waals surface area (Å²) in [5.41, 5.74) is 12.0. The van der Waals surface area contributed by atoms with E-state index in [9.17, 15) is 39.3 Å². The summed E-state index contributed by atoms with van der Waals surface area (Å²) in [6.07, 6.45) is -1.75. The van der Waals surface area contributed by atoms with Crippen LogP contribution in [-0.2, 0) is 36.8 Å². The second kappa shape index (κ2) is 15.2. The fraction of sp³-hybridized carbons (Fsp3) is 0.370. The number of hydrogen-bond donors (Lipinski definition) is 8. The van der Waals surface area contributed by atoms with Gasteiger partial charge in [-0.15, -0.1) is 0 Å². The Hall–Kier alpha value is -4.49. The van der Waals surface area contributed by atoms with E-state index in [0.29, 0.717) is 11.1 Å². The summed E-state index contributed by atoms with van der Waals surface area (Å²) in [6.45, 7) is 1.25. The van der Waals surface area contributed by atoms with Crippen LogP contribution in [0.5, 0.6) is 5.75 Å². The molecule has 2 rings (SSSR count). The van der Waals surface area contributed by atoms with Gasteiger partial charge in [-0.3, -0.25) is 19.2 Å². The zero-order valence-electron chi connectivity index (χ0n) is 21.9. The molecule has 0 saturated carbocycles. The van der Waals surface area contributed by atoms with Gasteiger partial charge in [0.1, 0.15) is 23.9 Å². The number of carbonyl (C=O) groups excluding carboxylic acids is 4. The minimum atomic E-state index is -1.51. The van der Waals surface area contributed by atoms with Crippen LogP contribution in [0.3, 0.4) is 0 Å². The minimum Gasteiger partial charge on any atom is -0.508 e. The second-order valence-electron chi connectivity index (χ2n) is 9.36. The highest BCUT2D eigenvalue weighted by Crippen LogP contribution is 2.12. The highest BCUT2D eigenvalue weighted by atomic mass is 16.4. The van der Waals surface area contributed by atoms with E-state index in [1.807, 2.05) is 0 Å². The third-order valence-corrected chi connectivity index (χ3v) is 6.01. The van der Waals surface area contributed by atoms with Gasteiger partial charge >= 0.3 is 5.97 Å². The highest BCUT2D eigenvalue weighted by molar-refractivity contribution is 5.94. The third kappa shape index (κ3) is 10.3. The highest BCUT2D eigenvalue weighted by Gasteiger charge is 2.32. The lowest BCUT2D eigenvalue weighted by Crippen LogP contribution is -2.60. The van der Waals surface area contributed by atoms with Crippen LogP contribution in [0.1, 0.15) is 30.9 Å². The molecule has 13 nitrogen and oxygen atoms in total. The Morgan fingerprint density at radius 1 is 0.800 bits per heavy atom. The van der Waals surface area contributed by atoms with Crippen molar-refractivity contribution in [2.24, 2.45) is 11.5 Å². The van der Waals surface area contributed by atoms with E-state index >= 15 is 0 Å². The first-order valence-corrected chi connectivity index (χ1v) is 12.5. The Morgan fingerprint density at radius 3 is 1.90 bits per heavy atom. The molecule has 5 atom stereocenters. The van der Waals surface area contributed by atoms with Crippen molar-refractivity contribution in [3.05, 3.63) is 65.7 Å². The van der Waals surface area contributed by atoms with Gasteiger partial charge in [0, 0.05) is 19.3 Å². The van der Waals surface area contributed by atoms with Crippen LogP contribution < -0.4 is 27.4 Å². The van der Waals surface area contributed by atoms with E-state index in [1.165, 1.54) is 31.2 Å². The molecule has 13 heteroatoms. The van der Waals surface area contributed by atoms with Crippen LogP contribution in [0.4, 0.5) is 0 Å². The number of rotatable bonds is 15.